The molecule has 0 radical (unpaired) electrons. The highest BCUT2D eigenvalue weighted by atomic mass is 16.5. The first kappa shape index (κ1) is 10.0. The second-order valence-electron chi connectivity index (χ2n) is 3.86. The van der Waals surface area contributed by atoms with Crippen molar-refractivity contribution in [3.63, 3.8) is 0 Å². The van der Waals surface area contributed by atoms with E-state index in [4.69, 9.17) is 4.74 Å². The molecule has 0 atom stereocenters. The van der Waals surface area contributed by atoms with E-state index in [2.05, 4.69) is 37.3 Å². The van der Waals surface area contributed by atoms with Crippen molar-refractivity contribution in [2.75, 3.05) is 6.61 Å². The molecule has 0 amide bonds. The second kappa shape index (κ2) is 4.83. The minimum absolute atomic E-state index is 0.681. The highest BCUT2D eigenvalue weighted by Crippen LogP contribution is 2.15. The van der Waals surface area contributed by atoms with Crippen LogP contribution >= 0.6 is 0 Å². The van der Waals surface area contributed by atoms with Crippen LogP contribution in [0, 0.1) is 6.92 Å². The average molecular weight is 200 g/mol. The lowest BCUT2D eigenvalue weighted by Gasteiger charge is -2.09. The standard InChI is InChI=1S/C14H16O/c1-12-6-5-9-14(10-12)15-11-13-7-3-2-4-8-13/h3,5-10H,2,4,11H2,1H3. The summed E-state index contributed by atoms with van der Waals surface area (Å²) in [6.07, 6.45) is 8.90. The molecule has 1 aliphatic rings. The Balaban J connectivity index is 1.93. The Kier molecular flexibility index (Phi) is 3.23. The van der Waals surface area contributed by atoms with Gasteiger partial charge in [-0.25, -0.2) is 0 Å². The van der Waals surface area contributed by atoms with Gasteiger partial charge in [-0.2, -0.15) is 0 Å². The quantitative estimate of drug-likeness (QED) is 0.723. The summed E-state index contributed by atoms with van der Waals surface area (Å²) in [5.74, 6) is 0.954. The van der Waals surface area contributed by atoms with Gasteiger partial charge in [-0.1, -0.05) is 30.4 Å². The summed E-state index contributed by atoms with van der Waals surface area (Å²) in [5.41, 5.74) is 2.52. The first-order valence-corrected chi connectivity index (χ1v) is 5.39. The summed E-state index contributed by atoms with van der Waals surface area (Å²) >= 11 is 0. The predicted octanol–water partition coefficient (Wildman–Crippen LogP) is 3.65. The minimum Gasteiger partial charge on any atom is -0.489 e. The van der Waals surface area contributed by atoms with Crippen LogP contribution in [-0.4, -0.2) is 6.61 Å². The molecule has 2 rings (SSSR count). The molecule has 1 aliphatic carbocycles. The molecule has 0 unspecified atom stereocenters. The van der Waals surface area contributed by atoms with Gasteiger partial charge in [0.2, 0.25) is 0 Å². The van der Waals surface area contributed by atoms with Crippen LogP contribution in [-0.2, 0) is 0 Å². The zero-order valence-corrected chi connectivity index (χ0v) is 9.07. The van der Waals surface area contributed by atoms with Gasteiger partial charge in [-0.15, -0.1) is 0 Å². The summed E-state index contributed by atoms with van der Waals surface area (Å²) in [7, 11) is 0. The van der Waals surface area contributed by atoms with E-state index in [-0.39, 0.29) is 0 Å². The van der Waals surface area contributed by atoms with E-state index < -0.39 is 0 Å². The van der Waals surface area contributed by atoms with E-state index in [9.17, 15) is 0 Å². The molecule has 15 heavy (non-hydrogen) atoms. The van der Waals surface area contributed by atoms with Gasteiger partial charge in [0.15, 0.2) is 0 Å². The summed E-state index contributed by atoms with van der Waals surface area (Å²) in [4.78, 5) is 0. The van der Waals surface area contributed by atoms with Crippen LogP contribution < -0.4 is 4.74 Å². The molecular weight excluding hydrogens is 184 g/mol. The van der Waals surface area contributed by atoms with Crippen LogP contribution in [0.15, 0.2) is 48.1 Å². The fourth-order valence-corrected chi connectivity index (χ4v) is 1.65. The van der Waals surface area contributed by atoms with Gasteiger partial charge < -0.3 is 4.74 Å². The van der Waals surface area contributed by atoms with Crippen LogP contribution in [0.3, 0.4) is 0 Å². The Morgan fingerprint density at radius 3 is 2.93 bits per heavy atom. The van der Waals surface area contributed by atoms with Crippen LogP contribution in [0.5, 0.6) is 5.75 Å². The highest BCUT2D eigenvalue weighted by molar-refractivity contribution is 5.29. The molecule has 0 saturated carbocycles. The van der Waals surface area contributed by atoms with Gasteiger partial charge in [0.25, 0.3) is 0 Å². The largest absolute Gasteiger partial charge is 0.489 e. The molecule has 1 aromatic carbocycles. The van der Waals surface area contributed by atoms with Gasteiger partial charge >= 0.3 is 0 Å². The molecule has 1 nitrogen and oxygen atoms in total. The fraction of sp³-hybridized carbons (Fsp3) is 0.286. The van der Waals surface area contributed by atoms with Gasteiger partial charge in [-0.3, -0.25) is 0 Å². The molecular formula is C14H16O. The molecule has 0 N–H and O–H groups in total. The Morgan fingerprint density at radius 2 is 2.20 bits per heavy atom. The Hall–Kier alpha value is -1.50. The summed E-state index contributed by atoms with van der Waals surface area (Å²) in [5, 5.41) is 0. The lowest BCUT2D eigenvalue weighted by molar-refractivity contribution is 0.354. The van der Waals surface area contributed by atoms with Gasteiger partial charge in [0.1, 0.15) is 12.4 Å². The molecule has 0 aliphatic heterocycles. The number of ether oxygens (including phenoxy) is 1. The molecule has 0 spiro atoms. The SMILES string of the molecule is Cc1cccc(OCC2=CCCC=C2)c1. The van der Waals surface area contributed by atoms with Gasteiger partial charge in [0, 0.05) is 0 Å². The maximum absolute atomic E-state index is 5.71. The number of hydrogen-bond donors (Lipinski definition) is 0. The maximum Gasteiger partial charge on any atom is 0.120 e. The monoisotopic (exact) mass is 200 g/mol. The number of rotatable bonds is 3. The molecule has 78 valence electrons. The maximum atomic E-state index is 5.71. The fourth-order valence-electron chi connectivity index (χ4n) is 1.65. The van der Waals surface area contributed by atoms with Crippen molar-refractivity contribution in [1.82, 2.24) is 0 Å². The first-order chi connectivity index (χ1) is 7.34. The second-order valence-corrected chi connectivity index (χ2v) is 3.86. The van der Waals surface area contributed by atoms with Crippen molar-refractivity contribution < 1.29 is 4.74 Å². The lowest BCUT2D eigenvalue weighted by Crippen LogP contribution is -2.01. The zero-order valence-electron chi connectivity index (χ0n) is 9.07. The smallest absolute Gasteiger partial charge is 0.120 e. The molecule has 0 bridgehead atoms. The van der Waals surface area contributed by atoms with Gasteiger partial charge in [-0.05, 0) is 43.0 Å². The van der Waals surface area contributed by atoms with Crippen LogP contribution in [0.25, 0.3) is 0 Å². The number of allylic oxidation sites excluding steroid dienone is 2. The van der Waals surface area contributed by atoms with E-state index in [1.165, 1.54) is 11.1 Å². The minimum atomic E-state index is 0.681. The predicted molar refractivity (Wildman–Crippen MR) is 63.1 cm³/mol. The molecule has 0 saturated heterocycles. The normalized spacial score (nSPS) is 14.9. The first-order valence-electron chi connectivity index (χ1n) is 5.39. The van der Waals surface area contributed by atoms with Crippen molar-refractivity contribution >= 4 is 0 Å². The third-order valence-electron chi connectivity index (χ3n) is 2.47. The summed E-state index contributed by atoms with van der Waals surface area (Å²) < 4.78 is 5.71. The molecule has 0 heterocycles. The summed E-state index contributed by atoms with van der Waals surface area (Å²) in [6, 6.07) is 8.16. The van der Waals surface area contributed by atoms with Crippen LogP contribution in [0.1, 0.15) is 18.4 Å². The lowest BCUT2D eigenvalue weighted by atomic mass is 10.1. The van der Waals surface area contributed by atoms with Crippen LogP contribution in [0.4, 0.5) is 0 Å². The van der Waals surface area contributed by atoms with Crippen molar-refractivity contribution in [3.8, 4) is 5.75 Å². The van der Waals surface area contributed by atoms with E-state index >= 15 is 0 Å². The third-order valence-corrected chi connectivity index (χ3v) is 2.47. The van der Waals surface area contributed by atoms with E-state index in [0.29, 0.717) is 6.61 Å². The number of hydrogen-bond acceptors (Lipinski definition) is 1. The Bertz CT molecular complexity index is 388. The van der Waals surface area contributed by atoms with Crippen LogP contribution in [0.2, 0.25) is 0 Å². The van der Waals surface area contributed by atoms with Crippen molar-refractivity contribution in [2.45, 2.75) is 19.8 Å². The zero-order chi connectivity index (χ0) is 10.5. The van der Waals surface area contributed by atoms with Gasteiger partial charge in [0.05, 0.1) is 0 Å². The van der Waals surface area contributed by atoms with E-state index in [1.54, 1.807) is 0 Å². The highest BCUT2D eigenvalue weighted by Gasteiger charge is 1.99. The summed E-state index contributed by atoms with van der Waals surface area (Å²) in [6.45, 7) is 2.76. The molecule has 1 aromatic rings. The van der Waals surface area contributed by atoms with Crippen molar-refractivity contribution in [1.29, 1.82) is 0 Å². The number of aryl methyl sites for hydroxylation is 1. The molecule has 1 heteroatoms. The molecule has 0 aromatic heterocycles. The Morgan fingerprint density at radius 1 is 1.27 bits per heavy atom. The van der Waals surface area contributed by atoms with E-state index in [1.807, 2.05) is 12.1 Å². The molecule has 0 fully saturated rings. The average Bonchev–Trinajstić information content (AvgIpc) is 2.28. The number of benzene rings is 1. The van der Waals surface area contributed by atoms with Crippen molar-refractivity contribution in [3.05, 3.63) is 53.6 Å². The van der Waals surface area contributed by atoms with E-state index in [0.717, 1.165) is 18.6 Å². The third kappa shape index (κ3) is 2.98. The van der Waals surface area contributed by atoms with Crippen molar-refractivity contribution in [2.24, 2.45) is 0 Å². The Labute approximate surface area is 91.1 Å². The topological polar surface area (TPSA) is 9.23 Å².